The molecule has 0 radical (unpaired) electrons. The van der Waals surface area contributed by atoms with E-state index in [0.29, 0.717) is 23.5 Å². The van der Waals surface area contributed by atoms with Crippen molar-refractivity contribution < 1.29 is 23.5 Å². The van der Waals surface area contributed by atoms with E-state index >= 15 is 0 Å². The van der Waals surface area contributed by atoms with Crippen LogP contribution < -0.4 is 16.0 Å². The summed E-state index contributed by atoms with van der Waals surface area (Å²) in [5.41, 5.74) is 1.52. The molecule has 3 amide bonds. The van der Waals surface area contributed by atoms with Gasteiger partial charge in [0.2, 0.25) is 5.91 Å². The quantitative estimate of drug-likeness (QED) is 0.721. The third-order valence-electron chi connectivity index (χ3n) is 4.17. The van der Waals surface area contributed by atoms with Crippen LogP contribution in [0.25, 0.3) is 0 Å². The average molecular weight is 371 g/mol. The van der Waals surface area contributed by atoms with Crippen LogP contribution in [0.1, 0.15) is 30.1 Å². The predicted molar refractivity (Wildman–Crippen MR) is 98.3 cm³/mol. The second-order valence-electron chi connectivity index (χ2n) is 6.26. The van der Waals surface area contributed by atoms with Crippen molar-refractivity contribution in [2.75, 3.05) is 17.2 Å². The number of carbonyl (C=O) groups is 3. The number of nitrogens with one attached hydrogen (secondary N) is 3. The van der Waals surface area contributed by atoms with Crippen LogP contribution in [0.4, 0.5) is 11.4 Å². The largest absolute Gasteiger partial charge is 0.472 e. The zero-order valence-electron chi connectivity index (χ0n) is 14.9. The van der Waals surface area contributed by atoms with Gasteiger partial charge in [0.15, 0.2) is 0 Å². The topological polar surface area (TPSA) is 110 Å². The van der Waals surface area contributed by atoms with Gasteiger partial charge in [-0.3, -0.25) is 14.4 Å². The SMILES string of the molecule is C[C@H](NC(=O)c1ccoc1)C(=O)Nc1ccc(NC(=O)[C@H]2CCCO2)cc1. The highest BCUT2D eigenvalue weighted by atomic mass is 16.5. The van der Waals surface area contributed by atoms with Gasteiger partial charge in [-0.25, -0.2) is 0 Å². The van der Waals surface area contributed by atoms with Gasteiger partial charge in [-0.05, 0) is 50.1 Å². The Morgan fingerprint density at radius 3 is 2.37 bits per heavy atom. The molecule has 1 fully saturated rings. The minimum absolute atomic E-state index is 0.167. The van der Waals surface area contributed by atoms with Crippen molar-refractivity contribution >= 4 is 29.1 Å². The van der Waals surface area contributed by atoms with Gasteiger partial charge in [0.05, 0.1) is 11.8 Å². The summed E-state index contributed by atoms with van der Waals surface area (Å²) in [5, 5.41) is 8.09. The zero-order chi connectivity index (χ0) is 19.2. The zero-order valence-corrected chi connectivity index (χ0v) is 14.9. The van der Waals surface area contributed by atoms with Crippen LogP contribution in [0.15, 0.2) is 47.3 Å². The molecule has 27 heavy (non-hydrogen) atoms. The summed E-state index contributed by atoms with van der Waals surface area (Å²) in [7, 11) is 0. The molecule has 1 aromatic heterocycles. The number of hydrogen-bond acceptors (Lipinski definition) is 5. The summed E-state index contributed by atoms with van der Waals surface area (Å²) in [6, 6.07) is 7.52. The molecule has 0 saturated carbocycles. The number of amides is 3. The van der Waals surface area contributed by atoms with Crippen LogP contribution in [0.3, 0.4) is 0 Å². The van der Waals surface area contributed by atoms with Crippen LogP contribution in [0, 0.1) is 0 Å². The number of furan rings is 1. The maximum absolute atomic E-state index is 12.2. The number of hydrogen-bond donors (Lipinski definition) is 3. The Balaban J connectivity index is 1.50. The van der Waals surface area contributed by atoms with Crippen molar-refractivity contribution in [2.24, 2.45) is 0 Å². The normalized spacial score (nSPS) is 17.1. The first kappa shape index (κ1) is 18.7. The van der Waals surface area contributed by atoms with E-state index < -0.39 is 18.1 Å². The van der Waals surface area contributed by atoms with Crippen molar-refractivity contribution in [3.8, 4) is 0 Å². The second kappa shape index (κ2) is 8.50. The van der Waals surface area contributed by atoms with Crippen molar-refractivity contribution in [1.29, 1.82) is 0 Å². The molecule has 0 aliphatic carbocycles. The first-order chi connectivity index (χ1) is 13.0. The number of carbonyl (C=O) groups excluding carboxylic acids is 3. The lowest BCUT2D eigenvalue weighted by Gasteiger charge is -2.14. The van der Waals surface area contributed by atoms with Crippen LogP contribution in [0.5, 0.6) is 0 Å². The van der Waals surface area contributed by atoms with Gasteiger partial charge >= 0.3 is 0 Å². The van der Waals surface area contributed by atoms with E-state index in [2.05, 4.69) is 16.0 Å². The molecule has 1 saturated heterocycles. The van der Waals surface area contributed by atoms with E-state index in [1.807, 2.05) is 0 Å². The van der Waals surface area contributed by atoms with E-state index in [4.69, 9.17) is 9.15 Å². The summed E-state index contributed by atoms with van der Waals surface area (Å²) < 4.78 is 10.2. The van der Waals surface area contributed by atoms with Gasteiger partial charge in [0.25, 0.3) is 11.8 Å². The second-order valence-corrected chi connectivity index (χ2v) is 6.26. The monoisotopic (exact) mass is 371 g/mol. The van der Waals surface area contributed by atoms with E-state index in [0.717, 1.165) is 12.8 Å². The number of ether oxygens (including phenoxy) is 1. The Labute approximate surface area is 156 Å². The fourth-order valence-electron chi connectivity index (χ4n) is 2.63. The Morgan fingerprint density at radius 2 is 1.78 bits per heavy atom. The minimum Gasteiger partial charge on any atom is -0.472 e. The lowest BCUT2D eigenvalue weighted by Crippen LogP contribution is -2.41. The van der Waals surface area contributed by atoms with Crippen molar-refractivity contribution in [2.45, 2.75) is 31.9 Å². The van der Waals surface area contributed by atoms with Crippen molar-refractivity contribution in [1.82, 2.24) is 5.32 Å². The minimum atomic E-state index is -0.730. The molecule has 3 N–H and O–H groups in total. The highest BCUT2D eigenvalue weighted by Gasteiger charge is 2.23. The maximum Gasteiger partial charge on any atom is 0.255 e. The lowest BCUT2D eigenvalue weighted by atomic mass is 10.2. The Morgan fingerprint density at radius 1 is 1.07 bits per heavy atom. The van der Waals surface area contributed by atoms with Gasteiger partial charge in [-0.2, -0.15) is 0 Å². The maximum atomic E-state index is 12.2. The Bertz CT molecular complexity index is 795. The molecule has 8 heteroatoms. The molecule has 0 unspecified atom stereocenters. The predicted octanol–water partition coefficient (Wildman–Crippen LogP) is 2.15. The lowest BCUT2D eigenvalue weighted by molar-refractivity contribution is -0.124. The highest BCUT2D eigenvalue weighted by molar-refractivity contribution is 6.01. The molecule has 1 aliphatic rings. The number of anilines is 2. The fourth-order valence-corrected chi connectivity index (χ4v) is 2.63. The Hall–Kier alpha value is -3.13. The third-order valence-corrected chi connectivity index (χ3v) is 4.17. The van der Waals surface area contributed by atoms with Crippen LogP contribution >= 0.6 is 0 Å². The molecule has 1 aromatic carbocycles. The summed E-state index contributed by atoms with van der Waals surface area (Å²) in [6.45, 7) is 2.20. The standard InChI is InChI=1S/C19H21N3O5/c1-12(20-18(24)13-8-10-26-11-13)17(23)21-14-4-6-15(7-5-14)22-19(25)16-3-2-9-27-16/h4-8,10-12,16H,2-3,9H2,1H3,(H,20,24)(H,21,23)(H,22,25)/t12-,16+/m0/s1. The molecule has 0 spiro atoms. The van der Waals surface area contributed by atoms with Gasteiger partial charge < -0.3 is 25.1 Å². The summed E-state index contributed by atoms with van der Waals surface area (Å²) in [4.78, 5) is 36.2. The van der Waals surface area contributed by atoms with E-state index in [1.54, 1.807) is 31.2 Å². The molecule has 2 heterocycles. The summed E-state index contributed by atoms with van der Waals surface area (Å²) >= 11 is 0. The highest BCUT2D eigenvalue weighted by Crippen LogP contribution is 2.17. The first-order valence-electron chi connectivity index (χ1n) is 8.69. The van der Waals surface area contributed by atoms with Gasteiger partial charge in [0.1, 0.15) is 18.4 Å². The molecule has 0 bridgehead atoms. The molecular weight excluding hydrogens is 350 g/mol. The van der Waals surface area contributed by atoms with Crippen LogP contribution in [-0.2, 0) is 14.3 Å². The van der Waals surface area contributed by atoms with Crippen LogP contribution in [-0.4, -0.2) is 36.5 Å². The average Bonchev–Trinajstić information content (AvgIpc) is 3.37. The van der Waals surface area contributed by atoms with Crippen molar-refractivity contribution in [3.05, 3.63) is 48.4 Å². The van der Waals surface area contributed by atoms with Crippen LogP contribution in [0.2, 0.25) is 0 Å². The smallest absolute Gasteiger partial charge is 0.255 e. The Kier molecular flexibility index (Phi) is 5.87. The van der Waals surface area contributed by atoms with Gasteiger partial charge in [0, 0.05) is 18.0 Å². The van der Waals surface area contributed by atoms with Crippen molar-refractivity contribution in [3.63, 3.8) is 0 Å². The third kappa shape index (κ3) is 4.95. The molecular formula is C19H21N3O5. The summed E-state index contributed by atoms with van der Waals surface area (Å²) in [6.07, 6.45) is 3.91. The van der Waals surface area contributed by atoms with E-state index in [1.165, 1.54) is 18.6 Å². The molecule has 1 aliphatic heterocycles. The molecule has 2 aromatic rings. The van der Waals surface area contributed by atoms with Gasteiger partial charge in [-0.1, -0.05) is 0 Å². The molecule has 3 rings (SSSR count). The van der Waals surface area contributed by atoms with E-state index in [-0.39, 0.29) is 11.8 Å². The van der Waals surface area contributed by atoms with Gasteiger partial charge in [-0.15, -0.1) is 0 Å². The number of benzene rings is 1. The fraction of sp³-hybridized carbons (Fsp3) is 0.316. The first-order valence-corrected chi connectivity index (χ1v) is 8.69. The molecule has 142 valence electrons. The molecule has 8 nitrogen and oxygen atoms in total. The summed E-state index contributed by atoms with van der Waals surface area (Å²) in [5.74, 6) is -0.915. The van der Waals surface area contributed by atoms with E-state index in [9.17, 15) is 14.4 Å². The molecule has 2 atom stereocenters. The number of rotatable bonds is 6.